The summed E-state index contributed by atoms with van der Waals surface area (Å²) in [7, 11) is 1.31. The van der Waals surface area contributed by atoms with E-state index in [1.165, 1.54) is 25.3 Å². The fourth-order valence-electron chi connectivity index (χ4n) is 1.14. The van der Waals surface area contributed by atoms with Crippen LogP contribution in [0.2, 0.25) is 0 Å². The summed E-state index contributed by atoms with van der Waals surface area (Å²) < 4.78 is 17.4. The molecule has 1 rings (SSSR count). The minimum Gasteiger partial charge on any atom is -0.469 e. The van der Waals surface area contributed by atoms with Crippen LogP contribution in [0.1, 0.15) is 18.4 Å². The second-order valence-electron chi connectivity index (χ2n) is 3.03. The third kappa shape index (κ3) is 2.02. The molecule has 14 heavy (non-hydrogen) atoms. The van der Waals surface area contributed by atoms with Crippen molar-refractivity contribution in [3.05, 3.63) is 29.6 Å². The van der Waals surface area contributed by atoms with E-state index in [9.17, 15) is 9.18 Å². The lowest BCUT2D eigenvalue weighted by molar-refractivity contribution is -0.141. The molecule has 1 aromatic carbocycles. The Morgan fingerprint density at radius 3 is 2.71 bits per heavy atom. The lowest BCUT2D eigenvalue weighted by Gasteiger charge is -2.09. The van der Waals surface area contributed by atoms with Crippen LogP contribution in [0.25, 0.3) is 0 Å². The number of hydrogen-bond donors (Lipinski definition) is 1. The largest absolute Gasteiger partial charge is 0.469 e. The minimum absolute atomic E-state index is 0.0400. The summed E-state index contributed by atoms with van der Waals surface area (Å²) in [6.45, 7) is 1.68. The molecule has 0 bridgehead atoms. The van der Waals surface area contributed by atoms with Crippen molar-refractivity contribution in [2.24, 2.45) is 0 Å². The predicted octanol–water partition coefficient (Wildman–Crippen LogP) is 1.68. The average molecular weight is 197 g/mol. The average Bonchev–Trinajstić information content (AvgIpc) is 2.20. The molecule has 0 aliphatic rings. The van der Waals surface area contributed by atoms with Crippen LogP contribution in [-0.2, 0) is 9.53 Å². The fraction of sp³-hybridized carbons (Fsp3) is 0.300. The number of nitrogens with two attached hydrogens (primary N) is 1. The second-order valence-corrected chi connectivity index (χ2v) is 3.03. The van der Waals surface area contributed by atoms with Crippen LogP contribution >= 0.6 is 0 Å². The van der Waals surface area contributed by atoms with E-state index in [1.807, 2.05) is 0 Å². The molecular weight excluding hydrogens is 185 g/mol. The number of methoxy groups -OCH3 is 1. The number of ether oxygens (including phenoxy) is 1. The number of esters is 1. The summed E-state index contributed by atoms with van der Waals surface area (Å²) in [5.41, 5.74) is 6.06. The van der Waals surface area contributed by atoms with Crippen LogP contribution in [0.5, 0.6) is 0 Å². The Morgan fingerprint density at radius 2 is 2.21 bits per heavy atom. The van der Waals surface area contributed by atoms with Gasteiger partial charge in [0.05, 0.1) is 18.7 Å². The first kappa shape index (κ1) is 10.5. The Hall–Kier alpha value is -1.58. The number of carbonyl (C=O) groups excluding carboxylic acids is 1. The molecule has 0 amide bonds. The van der Waals surface area contributed by atoms with Gasteiger partial charge >= 0.3 is 5.97 Å². The van der Waals surface area contributed by atoms with Crippen molar-refractivity contribution in [3.8, 4) is 0 Å². The van der Waals surface area contributed by atoms with Crippen LogP contribution in [-0.4, -0.2) is 13.1 Å². The Bertz CT molecular complexity index is 352. The zero-order chi connectivity index (χ0) is 10.7. The molecule has 1 atom stereocenters. The monoisotopic (exact) mass is 197 g/mol. The molecule has 0 fully saturated rings. The summed E-state index contributed by atoms with van der Waals surface area (Å²) >= 11 is 0. The molecule has 76 valence electrons. The van der Waals surface area contributed by atoms with Crippen molar-refractivity contribution < 1.29 is 13.9 Å². The van der Waals surface area contributed by atoms with Crippen molar-refractivity contribution in [2.75, 3.05) is 12.8 Å². The zero-order valence-corrected chi connectivity index (χ0v) is 8.08. The Labute approximate surface area is 81.7 Å². The predicted molar refractivity (Wildman–Crippen MR) is 51.2 cm³/mol. The van der Waals surface area contributed by atoms with Crippen molar-refractivity contribution in [3.63, 3.8) is 0 Å². The van der Waals surface area contributed by atoms with E-state index in [-0.39, 0.29) is 11.7 Å². The van der Waals surface area contributed by atoms with Crippen LogP contribution in [0, 0.1) is 5.82 Å². The number of halogens is 1. The Morgan fingerprint density at radius 1 is 1.57 bits per heavy atom. The van der Waals surface area contributed by atoms with Gasteiger partial charge in [0, 0.05) is 0 Å². The fourth-order valence-corrected chi connectivity index (χ4v) is 1.14. The Balaban J connectivity index is 2.96. The van der Waals surface area contributed by atoms with Gasteiger partial charge in [-0.3, -0.25) is 4.79 Å². The second kappa shape index (κ2) is 4.09. The van der Waals surface area contributed by atoms with E-state index in [0.717, 1.165) is 0 Å². The maximum Gasteiger partial charge on any atom is 0.312 e. The highest BCUT2D eigenvalue weighted by molar-refractivity contribution is 5.77. The van der Waals surface area contributed by atoms with Crippen molar-refractivity contribution in [1.29, 1.82) is 0 Å². The van der Waals surface area contributed by atoms with E-state index in [4.69, 9.17) is 5.73 Å². The van der Waals surface area contributed by atoms with E-state index < -0.39 is 11.7 Å². The topological polar surface area (TPSA) is 52.3 Å². The smallest absolute Gasteiger partial charge is 0.312 e. The van der Waals surface area contributed by atoms with Gasteiger partial charge in [0.25, 0.3) is 0 Å². The summed E-state index contributed by atoms with van der Waals surface area (Å²) in [4.78, 5) is 11.2. The Kier molecular flexibility index (Phi) is 3.06. The van der Waals surface area contributed by atoms with Crippen molar-refractivity contribution >= 4 is 11.7 Å². The standard InChI is InChI=1S/C10H12FNO2/c1-6(10(13)14-2)7-3-4-8(11)9(12)5-7/h3-6H,12H2,1-2H3. The van der Waals surface area contributed by atoms with E-state index in [1.54, 1.807) is 6.92 Å². The van der Waals surface area contributed by atoms with Gasteiger partial charge in [-0.05, 0) is 24.6 Å². The highest BCUT2D eigenvalue weighted by Crippen LogP contribution is 2.20. The highest BCUT2D eigenvalue weighted by Gasteiger charge is 2.16. The molecule has 0 aromatic heterocycles. The van der Waals surface area contributed by atoms with E-state index in [0.29, 0.717) is 5.56 Å². The lowest BCUT2D eigenvalue weighted by atomic mass is 10.0. The summed E-state index contributed by atoms with van der Waals surface area (Å²) in [6, 6.07) is 4.20. The lowest BCUT2D eigenvalue weighted by Crippen LogP contribution is -2.11. The van der Waals surface area contributed by atoms with Crippen molar-refractivity contribution in [2.45, 2.75) is 12.8 Å². The molecule has 2 N–H and O–H groups in total. The number of benzene rings is 1. The third-order valence-electron chi connectivity index (χ3n) is 2.07. The number of rotatable bonds is 2. The number of carbonyl (C=O) groups is 1. The van der Waals surface area contributed by atoms with Crippen LogP contribution in [0.4, 0.5) is 10.1 Å². The first-order chi connectivity index (χ1) is 6.56. The van der Waals surface area contributed by atoms with Crippen LogP contribution < -0.4 is 5.73 Å². The van der Waals surface area contributed by atoms with Gasteiger partial charge in [-0.1, -0.05) is 6.07 Å². The molecule has 3 nitrogen and oxygen atoms in total. The van der Waals surface area contributed by atoms with E-state index >= 15 is 0 Å². The maximum atomic E-state index is 12.8. The molecule has 0 heterocycles. The maximum absolute atomic E-state index is 12.8. The molecule has 0 aliphatic carbocycles. The van der Waals surface area contributed by atoms with Crippen molar-refractivity contribution in [1.82, 2.24) is 0 Å². The van der Waals surface area contributed by atoms with Gasteiger partial charge in [0.15, 0.2) is 0 Å². The van der Waals surface area contributed by atoms with Gasteiger partial charge in [-0.2, -0.15) is 0 Å². The quantitative estimate of drug-likeness (QED) is 0.579. The molecule has 1 unspecified atom stereocenters. The first-order valence-corrected chi connectivity index (χ1v) is 4.19. The number of nitrogen functional groups attached to an aromatic ring is 1. The summed E-state index contributed by atoms with van der Waals surface area (Å²) in [5, 5.41) is 0. The zero-order valence-electron chi connectivity index (χ0n) is 8.08. The molecule has 0 aliphatic heterocycles. The van der Waals surface area contributed by atoms with Gasteiger partial charge < -0.3 is 10.5 Å². The van der Waals surface area contributed by atoms with Gasteiger partial charge in [-0.25, -0.2) is 4.39 Å². The SMILES string of the molecule is COC(=O)C(C)c1ccc(F)c(N)c1. The third-order valence-corrected chi connectivity index (χ3v) is 2.07. The molecule has 4 heteroatoms. The highest BCUT2D eigenvalue weighted by atomic mass is 19.1. The van der Waals surface area contributed by atoms with Gasteiger partial charge in [0.2, 0.25) is 0 Å². The van der Waals surface area contributed by atoms with E-state index in [2.05, 4.69) is 4.74 Å². The molecule has 0 spiro atoms. The molecule has 0 saturated carbocycles. The van der Waals surface area contributed by atoms with Gasteiger partial charge in [-0.15, -0.1) is 0 Å². The van der Waals surface area contributed by atoms with Crippen LogP contribution in [0.3, 0.4) is 0 Å². The van der Waals surface area contributed by atoms with Crippen LogP contribution in [0.15, 0.2) is 18.2 Å². The number of hydrogen-bond acceptors (Lipinski definition) is 3. The number of anilines is 1. The summed E-state index contributed by atoms with van der Waals surface area (Å²) in [6.07, 6.45) is 0. The first-order valence-electron chi connectivity index (χ1n) is 4.19. The normalized spacial score (nSPS) is 12.2. The molecular formula is C10H12FNO2. The molecule has 1 aromatic rings. The molecule has 0 radical (unpaired) electrons. The summed E-state index contributed by atoms with van der Waals surface area (Å²) in [5.74, 6) is -1.27. The molecule has 0 saturated heterocycles. The minimum atomic E-state index is -0.481. The van der Waals surface area contributed by atoms with Gasteiger partial charge in [0.1, 0.15) is 5.82 Å².